The van der Waals surface area contributed by atoms with Crippen LogP contribution >= 0.6 is 0 Å². The topological polar surface area (TPSA) is 109 Å². The highest BCUT2D eigenvalue weighted by Crippen LogP contribution is 2.27. The lowest BCUT2D eigenvalue weighted by molar-refractivity contribution is -0.133. The maximum Gasteiger partial charge on any atom is 0.272 e. The molecule has 9 nitrogen and oxygen atoms in total. The molecule has 0 unspecified atom stereocenters. The number of hydrogen-bond donors (Lipinski definition) is 2. The molecule has 2 N–H and O–H groups in total. The number of rotatable bonds is 5. The van der Waals surface area contributed by atoms with E-state index in [1.165, 1.54) is 28.3 Å². The highest BCUT2D eigenvalue weighted by atomic mass is 16.3. The van der Waals surface area contributed by atoms with E-state index in [0.717, 1.165) is 25.7 Å². The number of fused-ring (bicyclic) bond motifs is 1. The summed E-state index contributed by atoms with van der Waals surface area (Å²) in [6, 6.07) is 5.11. The van der Waals surface area contributed by atoms with Crippen LogP contribution in [0.2, 0.25) is 0 Å². The number of likely N-dealkylation sites (N-methyl/N-ethyl adjacent to an activating group) is 1. The SMILES string of the molecule is CN1C(=O)c2cc(C(=O)NCc3ccco3)nn2C[C@]1(C)C(=O)NC1CCCCC1. The highest BCUT2D eigenvalue weighted by Gasteiger charge is 2.46. The van der Waals surface area contributed by atoms with E-state index in [9.17, 15) is 14.4 Å². The molecule has 4 rings (SSSR count). The summed E-state index contributed by atoms with van der Waals surface area (Å²) in [5.41, 5.74) is -0.644. The summed E-state index contributed by atoms with van der Waals surface area (Å²) in [4.78, 5) is 40.0. The molecular formula is C21H27N5O4. The molecule has 9 heteroatoms. The number of aromatic nitrogens is 2. The van der Waals surface area contributed by atoms with Crippen LogP contribution in [-0.4, -0.2) is 51.0 Å². The van der Waals surface area contributed by atoms with Gasteiger partial charge in [-0.25, -0.2) is 0 Å². The van der Waals surface area contributed by atoms with Crippen molar-refractivity contribution in [1.29, 1.82) is 0 Å². The Morgan fingerprint density at radius 2 is 2.07 bits per heavy atom. The first-order valence-corrected chi connectivity index (χ1v) is 10.4. The van der Waals surface area contributed by atoms with Crippen molar-refractivity contribution in [2.45, 2.75) is 63.7 Å². The second-order valence-electron chi connectivity index (χ2n) is 8.28. The summed E-state index contributed by atoms with van der Waals surface area (Å²) >= 11 is 0. The number of nitrogens with zero attached hydrogens (tertiary/aromatic N) is 3. The zero-order valence-corrected chi connectivity index (χ0v) is 17.3. The van der Waals surface area contributed by atoms with Crippen LogP contribution in [0.15, 0.2) is 28.9 Å². The third-order valence-corrected chi connectivity index (χ3v) is 6.17. The molecular weight excluding hydrogens is 386 g/mol. The lowest BCUT2D eigenvalue weighted by Crippen LogP contribution is -2.63. The summed E-state index contributed by atoms with van der Waals surface area (Å²) in [7, 11) is 1.62. The molecule has 0 radical (unpaired) electrons. The Bertz CT molecular complexity index is 945. The fourth-order valence-corrected chi connectivity index (χ4v) is 4.10. The van der Waals surface area contributed by atoms with Gasteiger partial charge >= 0.3 is 0 Å². The molecule has 0 aromatic carbocycles. The Kier molecular flexibility index (Phi) is 5.36. The van der Waals surface area contributed by atoms with E-state index in [0.29, 0.717) is 11.5 Å². The largest absolute Gasteiger partial charge is 0.467 e. The normalized spacial score (nSPS) is 21.9. The standard InChI is InChI=1S/C21H27N5O4/c1-21(20(29)23-14-7-4-3-5-8-14)13-26-17(19(28)25(21)2)11-16(24-26)18(27)22-12-15-9-6-10-30-15/h6,9-11,14H,3-5,7-8,12-13H2,1-2H3,(H,22,27)(H,23,29)/t21-/m1/s1. The van der Waals surface area contributed by atoms with Crippen molar-refractivity contribution in [2.24, 2.45) is 0 Å². The molecule has 2 aromatic heterocycles. The van der Waals surface area contributed by atoms with Gasteiger partial charge in [0, 0.05) is 19.2 Å². The van der Waals surface area contributed by atoms with Crippen molar-refractivity contribution in [3.05, 3.63) is 41.6 Å². The van der Waals surface area contributed by atoms with Crippen molar-refractivity contribution < 1.29 is 18.8 Å². The van der Waals surface area contributed by atoms with Gasteiger partial charge in [0.15, 0.2) is 5.69 Å². The highest BCUT2D eigenvalue weighted by molar-refractivity contribution is 6.01. The zero-order valence-electron chi connectivity index (χ0n) is 17.3. The van der Waals surface area contributed by atoms with Gasteiger partial charge in [0.2, 0.25) is 5.91 Å². The van der Waals surface area contributed by atoms with Crippen LogP contribution in [0.1, 0.15) is 65.8 Å². The second kappa shape index (κ2) is 7.97. The summed E-state index contributed by atoms with van der Waals surface area (Å²) in [6.07, 6.45) is 6.87. The molecule has 1 saturated carbocycles. The molecule has 160 valence electrons. The van der Waals surface area contributed by atoms with Crippen molar-refractivity contribution >= 4 is 17.7 Å². The van der Waals surface area contributed by atoms with Gasteiger partial charge in [-0.05, 0) is 31.9 Å². The van der Waals surface area contributed by atoms with E-state index < -0.39 is 11.4 Å². The Morgan fingerprint density at radius 3 is 2.77 bits per heavy atom. The van der Waals surface area contributed by atoms with Crippen LogP contribution in [0.3, 0.4) is 0 Å². The molecule has 2 aliphatic rings. The minimum absolute atomic E-state index is 0.134. The van der Waals surface area contributed by atoms with Crippen LogP contribution in [0.25, 0.3) is 0 Å². The van der Waals surface area contributed by atoms with E-state index in [4.69, 9.17) is 4.42 Å². The second-order valence-corrected chi connectivity index (χ2v) is 8.28. The molecule has 0 saturated heterocycles. The number of carbonyl (C=O) groups excluding carboxylic acids is 3. The third kappa shape index (κ3) is 3.71. The van der Waals surface area contributed by atoms with Crippen LogP contribution in [-0.2, 0) is 17.9 Å². The van der Waals surface area contributed by atoms with Crippen LogP contribution in [0.4, 0.5) is 0 Å². The monoisotopic (exact) mass is 413 g/mol. The Morgan fingerprint density at radius 1 is 1.30 bits per heavy atom. The summed E-state index contributed by atoms with van der Waals surface area (Å²) in [5.74, 6) is -0.303. The molecule has 1 aliphatic heterocycles. The van der Waals surface area contributed by atoms with Gasteiger partial charge in [0.25, 0.3) is 11.8 Å². The lowest BCUT2D eigenvalue weighted by atomic mass is 9.92. The van der Waals surface area contributed by atoms with Gasteiger partial charge in [0.05, 0.1) is 19.4 Å². The average molecular weight is 413 g/mol. The Hall–Kier alpha value is -3.10. The Balaban J connectivity index is 1.49. The van der Waals surface area contributed by atoms with Crippen LogP contribution in [0.5, 0.6) is 0 Å². The van der Waals surface area contributed by atoms with Crippen molar-refractivity contribution in [2.75, 3.05) is 7.05 Å². The molecule has 1 aliphatic carbocycles. The van der Waals surface area contributed by atoms with Crippen molar-refractivity contribution in [3.63, 3.8) is 0 Å². The summed E-state index contributed by atoms with van der Waals surface area (Å²) in [6.45, 7) is 2.16. The lowest BCUT2D eigenvalue weighted by Gasteiger charge is -2.41. The first kappa shape index (κ1) is 20.2. The molecule has 30 heavy (non-hydrogen) atoms. The zero-order chi connectivity index (χ0) is 21.3. The van der Waals surface area contributed by atoms with Gasteiger partial charge in [-0.2, -0.15) is 5.10 Å². The van der Waals surface area contributed by atoms with Crippen molar-refractivity contribution in [1.82, 2.24) is 25.3 Å². The Labute approximate surface area is 174 Å². The molecule has 0 bridgehead atoms. The minimum atomic E-state index is -1.07. The number of furan rings is 1. The third-order valence-electron chi connectivity index (χ3n) is 6.17. The van der Waals surface area contributed by atoms with Gasteiger partial charge in [-0.1, -0.05) is 19.3 Å². The smallest absolute Gasteiger partial charge is 0.272 e. The van der Waals surface area contributed by atoms with Gasteiger partial charge in [-0.15, -0.1) is 0 Å². The summed E-state index contributed by atoms with van der Waals surface area (Å²) < 4.78 is 6.67. The van der Waals surface area contributed by atoms with E-state index in [-0.39, 0.29) is 36.6 Å². The number of nitrogens with one attached hydrogen (secondary N) is 2. The quantitative estimate of drug-likeness (QED) is 0.775. The van der Waals surface area contributed by atoms with Gasteiger partial charge < -0.3 is 20.0 Å². The minimum Gasteiger partial charge on any atom is -0.467 e. The molecule has 0 spiro atoms. The maximum atomic E-state index is 13.1. The number of amides is 3. The maximum absolute atomic E-state index is 13.1. The predicted octanol–water partition coefficient (Wildman–Crippen LogP) is 1.70. The van der Waals surface area contributed by atoms with Crippen LogP contribution in [0, 0.1) is 0 Å². The first-order valence-electron chi connectivity index (χ1n) is 10.4. The summed E-state index contributed by atoms with van der Waals surface area (Å²) in [5, 5.41) is 10.1. The van der Waals surface area contributed by atoms with Gasteiger partial charge in [-0.3, -0.25) is 19.1 Å². The van der Waals surface area contributed by atoms with Crippen molar-refractivity contribution in [3.8, 4) is 0 Å². The molecule has 1 fully saturated rings. The van der Waals surface area contributed by atoms with E-state index in [1.54, 1.807) is 26.1 Å². The molecule has 2 aromatic rings. The number of hydrogen-bond acceptors (Lipinski definition) is 5. The number of carbonyl (C=O) groups is 3. The fraction of sp³-hybridized carbons (Fsp3) is 0.524. The molecule has 3 amide bonds. The van der Waals surface area contributed by atoms with Crippen LogP contribution < -0.4 is 10.6 Å². The average Bonchev–Trinajstić information content (AvgIpc) is 3.41. The first-order chi connectivity index (χ1) is 14.4. The van der Waals surface area contributed by atoms with Gasteiger partial charge in [0.1, 0.15) is 17.0 Å². The van der Waals surface area contributed by atoms with E-state index in [1.807, 2.05) is 0 Å². The van der Waals surface area contributed by atoms with E-state index >= 15 is 0 Å². The molecule has 3 heterocycles. The van der Waals surface area contributed by atoms with E-state index in [2.05, 4.69) is 15.7 Å². The fourth-order valence-electron chi connectivity index (χ4n) is 4.10. The molecule has 1 atom stereocenters. The predicted molar refractivity (Wildman–Crippen MR) is 108 cm³/mol.